The van der Waals surface area contributed by atoms with Gasteiger partial charge in [0.15, 0.2) is 0 Å². The van der Waals surface area contributed by atoms with Crippen LogP contribution in [0.5, 0.6) is 0 Å². The van der Waals surface area contributed by atoms with Crippen molar-refractivity contribution in [2.75, 3.05) is 32.7 Å². The number of urea groups is 1. The molecule has 7 heteroatoms. The summed E-state index contributed by atoms with van der Waals surface area (Å²) in [6.45, 7) is 4.64. The zero-order valence-electron chi connectivity index (χ0n) is 13.9. The Kier molecular flexibility index (Phi) is 7.11. The number of nitrogens with one attached hydrogen (secondary N) is 1. The molecule has 0 aliphatic carbocycles. The number of piperazine rings is 1. The number of rotatable bonds is 4. The number of carbonyl (C=O) groups excluding carboxylic acids is 3. The van der Waals surface area contributed by atoms with Gasteiger partial charge in [-0.3, -0.25) is 9.59 Å². The first-order chi connectivity index (χ1) is 11.6. The van der Waals surface area contributed by atoms with Gasteiger partial charge in [0.25, 0.3) is 5.24 Å². The summed E-state index contributed by atoms with van der Waals surface area (Å²) >= 11 is 0.715. The highest BCUT2D eigenvalue weighted by Gasteiger charge is 2.25. The number of carbonyl (C=O) groups is 3. The fraction of sp³-hybridized carbons (Fsp3) is 0.471. The molecule has 0 aromatic heterocycles. The summed E-state index contributed by atoms with van der Waals surface area (Å²) in [6, 6.07) is 8.68. The number of benzene rings is 1. The minimum atomic E-state index is -0.255. The summed E-state index contributed by atoms with van der Waals surface area (Å²) in [5, 5.41) is 2.37. The molecule has 0 bridgehead atoms. The van der Waals surface area contributed by atoms with Crippen molar-refractivity contribution in [3.63, 3.8) is 0 Å². The predicted octanol–water partition coefficient (Wildman–Crippen LogP) is 2.81. The van der Waals surface area contributed by atoms with E-state index < -0.39 is 0 Å². The van der Waals surface area contributed by atoms with Crippen LogP contribution >= 0.6 is 11.8 Å². The van der Waals surface area contributed by atoms with Crippen molar-refractivity contribution in [3.8, 4) is 0 Å². The Morgan fingerprint density at radius 2 is 1.67 bits per heavy atom. The van der Waals surface area contributed by atoms with Crippen LogP contribution in [-0.2, 0) is 0 Å². The van der Waals surface area contributed by atoms with Crippen LogP contribution in [0, 0.1) is 0 Å². The molecule has 130 valence electrons. The molecule has 2 rings (SSSR count). The smallest absolute Gasteiger partial charge is 0.317 e. The van der Waals surface area contributed by atoms with Crippen molar-refractivity contribution < 1.29 is 14.4 Å². The number of nitrogens with zero attached hydrogens (tertiary/aromatic N) is 2. The van der Waals surface area contributed by atoms with Crippen LogP contribution < -0.4 is 5.32 Å². The third kappa shape index (κ3) is 5.26. The van der Waals surface area contributed by atoms with Gasteiger partial charge in [-0.15, -0.1) is 0 Å². The molecule has 1 aliphatic heterocycles. The minimum Gasteiger partial charge on any atom is -0.338 e. The molecule has 3 amide bonds. The van der Waals surface area contributed by atoms with E-state index in [1.54, 1.807) is 34.1 Å². The standard InChI is InChI=1S/C17H23N3O3S/c1-2-3-9-18-16(22)19-10-12-20(13-11-19)17(23)24-15(21)14-7-5-4-6-8-14/h4-8H,2-3,9-13H2,1H3,(H,18,22). The second kappa shape index (κ2) is 9.32. The van der Waals surface area contributed by atoms with Crippen LogP contribution in [0.4, 0.5) is 9.59 Å². The molecule has 0 spiro atoms. The molecule has 1 aliphatic rings. The van der Waals surface area contributed by atoms with Crippen LogP contribution in [0.1, 0.15) is 30.1 Å². The summed E-state index contributed by atoms with van der Waals surface area (Å²) < 4.78 is 0. The molecule has 24 heavy (non-hydrogen) atoms. The summed E-state index contributed by atoms with van der Waals surface area (Å²) in [5.41, 5.74) is 0.518. The van der Waals surface area contributed by atoms with Crippen LogP contribution in [0.15, 0.2) is 30.3 Å². The maximum absolute atomic E-state index is 12.2. The van der Waals surface area contributed by atoms with Gasteiger partial charge in [0.05, 0.1) is 0 Å². The van der Waals surface area contributed by atoms with Crippen LogP contribution in [0.2, 0.25) is 0 Å². The first kappa shape index (κ1) is 18.3. The Labute approximate surface area is 146 Å². The Balaban J connectivity index is 1.76. The van der Waals surface area contributed by atoms with E-state index in [1.165, 1.54) is 0 Å². The molecule has 0 saturated carbocycles. The molecular weight excluding hydrogens is 326 g/mol. The number of amides is 3. The van der Waals surface area contributed by atoms with Gasteiger partial charge >= 0.3 is 6.03 Å². The lowest BCUT2D eigenvalue weighted by Crippen LogP contribution is -2.52. The lowest BCUT2D eigenvalue weighted by Gasteiger charge is -2.34. The average Bonchev–Trinajstić information content (AvgIpc) is 2.62. The lowest BCUT2D eigenvalue weighted by molar-refractivity contribution is 0.108. The van der Waals surface area contributed by atoms with E-state index in [2.05, 4.69) is 12.2 Å². The summed E-state index contributed by atoms with van der Waals surface area (Å²) in [5.74, 6) is 0. The van der Waals surface area contributed by atoms with Crippen LogP contribution in [0.3, 0.4) is 0 Å². The lowest BCUT2D eigenvalue weighted by atomic mass is 10.2. The summed E-state index contributed by atoms with van der Waals surface area (Å²) in [7, 11) is 0. The van der Waals surface area contributed by atoms with Crippen molar-refractivity contribution in [3.05, 3.63) is 35.9 Å². The van der Waals surface area contributed by atoms with E-state index in [1.807, 2.05) is 6.07 Å². The molecule has 1 saturated heterocycles. The topological polar surface area (TPSA) is 69.7 Å². The SMILES string of the molecule is CCCCNC(=O)N1CCN(C(=O)SC(=O)c2ccccc2)CC1. The van der Waals surface area contributed by atoms with E-state index in [4.69, 9.17) is 0 Å². The molecule has 0 unspecified atom stereocenters. The molecule has 0 atom stereocenters. The van der Waals surface area contributed by atoms with Crippen LogP contribution in [-0.4, -0.2) is 58.9 Å². The van der Waals surface area contributed by atoms with E-state index in [0.29, 0.717) is 50.0 Å². The summed E-state index contributed by atoms with van der Waals surface area (Å²) in [6.07, 6.45) is 2.00. The van der Waals surface area contributed by atoms with Crippen molar-refractivity contribution >= 4 is 28.1 Å². The molecule has 1 aromatic carbocycles. The molecular formula is C17H23N3O3S. The average molecular weight is 349 g/mol. The first-order valence-corrected chi connectivity index (χ1v) is 9.02. The number of hydrogen-bond donors (Lipinski definition) is 1. The molecule has 1 heterocycles. The van der Waals surface area contributed by atoms with Crippen molar-refractivity contribution in [2.45, 2.75) is 19.8 Å². The third-order valence-electron chi connectivity index (χ3n) is 3.82. The Morgan fingerprint density at radius 3 is 2.29 bits per heavy atom. The van der Waals surface area contributed by atoms with Gasteiger partial charge in [-0.2, -0.15) is 0 Å². The second-order valence-electron chi connectivity index (χ2n) is 5.58. The largest absolute Gasteiger partial charge is 0.338 e. The number of thioether (sulfide) groups is 1. The van der Waals surface area contributed by atoms with Gasteiger partial charge in [0, 0.05) is 50.0 Å². The fourth-order valence-corrected chi connectivity index (χ4v) is 3.08. The van der Waals surface area contributed by atoms with Crippen molar-refractivity contribution in [1.82, 2.24) is 15.1 Å². The monoisotopic (exact) mass is 349 g/mol. The van der Waals surface area contributed by atoms with Gasteiger partial charge in [-0.1, -0.05) is 43.7 Å². The van der Waals surface area contributed by atoms with Gasteiger partial charge in [-0.05, 0) is 6.42 Å². The highest BCUT2D eigenvalue weighted by Crippen LogP contribution is 2.17. The van der Waals surface area contributed by atoms with Gasteiger partial charge in [0.2, 0.25) is 5.12 Å². The maximum atomic E-state index is 12.2. The number of hydrogen-bond acceptors (Lipinski definition) is 4. The molecule has 0 radical (unpaired) electrons. The molecule has 1 aromatic rings. The Hall–Kier alpha value is -2.02. The van der Waals surface area contributed by atoms with Crippen LogP contribution in [0.25, 0.3) is 0 Å². The van der Waals surface area contributed by atoms with E-state index in [9.17, 15) is 14.4 Å². The van der Waals surface area contributed by atoms with E-state index in [-0.39, 0.29) is 16.4 Å². The zero-order valence-corrected chi connectivity index (χ0v) is 14.7. The van der Waals surface area contributed by atoms with E-state index >= 15 is 0 Å². The normalized spacial score (nSPS) is 14.4. The Morgan fingerprint density at radius 1 is 1.04 bits per heavy atom. The van der Waals surface area contributed by atoms with Gasteiger partial charge in [0.1, 0.15) is 0 Å². The highest BCUT2D eigenvalue weighted by molar-refractivity contribution is 8.26. The molecule has 1 N–H and O–H groups in total. The summed E-state index contributed by atoms with van der Waals surface area (Å²) in [4.78, 5) is 39.6. The molecule has 6 nitrogen and oxygen atoms in total. The first-order valence-electron chi connectivity index (χ1n) is 8.20. The Bertz CT molecular complexity index is 572. The van der Waals surface area contributed by atoms with Crippen molar-refractivity contribution in [2.24, 2.45) is 0 Å². The van der Waals surface area contributed by atoms with Gasteiger partial charge in [-0.25, -0.2) is 4.79 Å². The van der Waals surface area contributed by atoms with Crippen molar-refractivity contribution in [1.29, 1.82) is 0 Å². The number of unbranched alkanes of at least 4 members (excludes halogenated alkanes) is 1. The molecule has 1 fully saturated rings. The fourth-order valence-electron chi connectivity index (χ4n) is 2.35. The second-order valence-corrected chi connectivity index (χ2v) is 6.51. The highest BCUT2D eigenvalue weighted by atomic mass is 32.2. The zero-order chi connectivity index (χ0) is 17.4. The van der Waals surface area contributed by atoms with E-state index in [0.717, 1.165) is 12.8 Å². The van der Waals surface area contributed by atoms with Gasteiger partial charge < -0.3 is 15.1 Å². The quantitative estimate of drug-likeness (QED) is 0.849. The predicted molar refractivity (Wildman–Crippen MR) is 95.2 cm³/mol. The third-order valence-corrected chi connectivity index (χ3v) is 4.68. The maximum Gasteiger partial charge on any atom is 0.317 e. The minimum absolute atomic E-state index is 0.0800.